The summed E-state index contributed by atoms with van der Waals surface area (Å²) in [6.45, 7) is 0. The molecule has 6 rings (SSSR count). The molecule has 0 heterocycles. The molecule has 0 aromatic heterocycles. The monoisotopic (exact) mass is 526 g/mol. The molecule has 6 heteroatoms. The lowest BCUT2D eigenvalue weighted by Gasteiger charge is -2.22. The molecule has 0 aliphatic carbocycles. The van der Waals surface area contributed by atoms with Crippen molar-refractivity contribution in [1.29, 1.82) is 0 Å². The lowest BCUT2D eigenvalue weighted by Crippen LogP contribution is -2.09. The predicted octanol–water partition coefficient (Wildman–Crippen LogP) is 9.11. The van der Waals surface area contributed by atoms with Crippen molar-refractivity contribution >= 4 is 33.9 Å². The number of ether oxygens (including phenoxy) is 2. The number of rotatable bonds is 5. The van der Waals surface area contributed by atoms with Gasteiger partial charge in [-0.3, -0.25) is 0 Å². The van der Waals surface area contributed by atoms with Gasteiger partial charge in [-0.2, -0.15) is 0 Å². The molecule has 0 atom stereocenters. The molecule has 0 aliphatic heterocycles. The fourth-order valence-electron chi connectivity index (χ4n) is 5.20. The molecular weight excluding hydrogens is 504 g/mol. The minimum Gasteiger partial charge on any atom is -0.449 e. The van der Waals surface area contributed by atoms with E-state index in [1.54, 1.807) is 0 Å². The Kier molecular flexibility index (Phi) is 6.34. The molecule has 40 heavy (non-hydrogen) atoms. The van der Waals surface area contributed by atoms with Crippen LogP contribution in [0.4, 0.5) is 9.59 Å². The first kappa shape index (κ1) is 24.7. The topological polar surface area (TPSA) is 93.1 Å². The summed E-state index contributed by atoms with van der Waals surface area (Å²) in [5.74, 6) is 0.172. The van der Waals surface area contributed by atoms with Crippen LogP contribution in [0.3, 0.4) is 0 Å². The molecule has 194 valence electrons. The molecular formula is C34H22O6. The van der Waals surface area contributed by atoms with E-state index < -0.39 is 12.3 Å². The summed E-state index contributed by atoms with van der Waals surface area (Å²) >= 11 is 0. The highest BCUT2D eigenvalue weighted by atomic mass is 16.7. The van der Waals surface area contributed by atoms with Crippen molar-refractivity contribution in [3.05, 3.63) is 121 Å². The third-order valence-electron chi connectivity index (χ3n) is 6.80. The van der Waals surface area contributed by atoms with Gasteiger partial charge in [0, 0.05) is 22.3 Å². The first-order valence-electron chi connectivity index (χ1n) is 12.6. The summed E-state index contributed by atoms with van der Waals surface area (Å²) in [6, 6.07) is 37.5. The number of carbonyl (C=O) groups is 2. The van der Waals surface area contributed by atoms with Gasteiger partial charge in [0.25, 0.3) is 0 Å². The second-order valence-corrected chi connectivity index (χ2v) is 9.17. The van der Waals surface area contributed by atoms with Crippen LogP contribution in [0.25, 0.3) is 54.9 Å². The number of hydrogen-bond donors (Lipinski definition) is 2. The van der Waals surface area contributed by atoms with Gasteiger partial charge in [0.1, 0.15) is 0 Å². The van der Waals surface area contributed by atoms with E-state index in [1.165, 1.54) is 0 Å². The molecule has 0 saturated heterocycles. The summed E-state index contributed by atoms with van der Waals surface area (Å²) in [6.07, 6.45) is -2.98. The maximum Gasteiger partial charge on any atom is 0.511 e. The summed E-state index contributed by atoms with van der Waals surface area (Å²) in [7, 11) is 0. The van der Waals surface area contributed by atoms with E-state index in [2.05, 4.69) is 0 Å². The third kappa shape index (κ3) is 4.48. The number of hydrogen-bond acceptors (Lipinski definition) is 4. The van der Waals surface area contributed by atoms with Crippen molar-refractivity contribution in [2.45, 2.75) is 0 Å². The molecule has 0 aliphatic rings. The summed E-state index contributed by atoms with van der Waals surface area (Å²) in [4.78, 5) is 24.3. The highest BCUT2D eigenvalue weighted by molar-refractivity contribution is 6.14. The van der Waals surface area contributed by atoms with E-state index in [0.29, 0.717) is 33.0 Å². The van der Waals surface area contributed by atoms with Crippen LogP contribution in [0, 0.1) is 0 Å². The molecule has 6 nitrogen and oxygen atoms in total. The van der Waals surface area contributed by atoms with Crippen LogP contribution in [0.5, 0.6) is 11.5 Å². The lowest BCUT2D eigenvalue weighted by atomic mass is 9.86. The van der Waals surface area contributed by atoms with Gasteiger partial charge >= 0.3 is 12.3 Å². The van der Waals surface area contributed by atoms with Crippen LogP contribution in [0.2, 0.25) is 0 Å². The van der Waals surface area contributed by atoms with Crippen molar-refractivity contribution in [2.75, 3.05) is 0 Å². The zero-order valence-corrected chi connectivity index (χ0v) is 21.1. The quantitative estimate of drug-likeness (QED) is 0.172. The SMILES string of the molecule is O=C(O)Oc1c(-c2ccccc2)cc2ccccc2c1-c1c(OC(=O)O)c(-c2ccccc2)cc2ccccc12. The molecule has 6 aromatic carbocycles. The van der Waals surface area contributed by atoms with Crippen LogP contribution in [0.1, 0.15) is 0 Å². The Hall–Kier alpha value is -5.62. The van der Waals surface area contributed by atoms with Gasteiger partial charge in [0.15, 0.2) is 11.5 Å². The summed E-state index contributed by atoms with van der Waals surface area (Å²) < 4.78 is 11.1. The van der Waals surface area contributed by atoms with Gasteiger partial charge in [0.05, 0.1) is 0 Å². The second-order valence-electron chi connectivity index (χ2n) is 9.17. The average Bonchev–Trinajstić information content (AvgIpc) is 2.97. The van der Waals surface area contributed by atoms with Gasteiger partial charge in [-0.05, 0) is 44.8 Å². The first-order chi connectivity index (χ1) is 19.5. The normalized spacial score (nSPS) is 10.9. The molecule has 0 fully saturated rings. The Labute approximate surface area is 229 Å². The van der Waals surface area contributed by atoms with Crippen molar-refractivity contribution in [1.82, 2.24) is 0 Å². The number of fused-ring (bicyclic) bond motifs is 2. The highest BCUT2D eigenvalue weighted by Gasteiger charge is 2.27. The standard InChI is InChI=1S/C34H22O6/c35-33(36)39-31-27(21-11-3-1-4-12-21)19-23-15-7-9-17-25(23)29(31)30-26-18-10-8-16-24(26)20-28(32(30)40-34(37)38)22-13-5-2-6-14-22/h1-20H,(H,35,36)(H,37,38). The lowest BCUT2D eigenvalue weighted by molar-refractivity contribution is 0.143. The van der Waals surface area contributed by atoms with E-state index in [-0.39, 0.29) is 11.5 Å². The van der Waals surface area contributed by atoms with Crippen molar-refractivity contribution in [2.24, 2.45) is 0 Å². The molecule has 2 N–H and O–H groups in total. The van der Waals surface area contributed by atoms with Gasteiger partial charge in [0.2, 0.25) is 0 Å². The Balaban J connectivity index is 1.85. The van der Waals surface area contributed by atoms with E-state index in [0.717, 1.165) is 21.9 Å². The number of benzene rings is 6. The Morgan fingerprint density at radius 1 is 0.475 bits per heavy atom. The van der Waals surface area contributed by atoms with E-state index in [1.807, 2.05) is 121 Å². The van der Waals surface area contributed by atoms with Crippen LogP contribution in [0.15, 0.2) is 121 Å². The zero-order chi connectivity index (χ0) is 27.6. The largest absolute Gasteiger partial charge is 0.511 e. The predicted molar refractivity (Wildman–Crippen MR) is 155 cm³/mol. The minimum absolute atomic E-state index is 0.0861. The maximum atomic E-state index is 12.1. The maximum absolute atomic E-state index is 12.1. The van der Waals surface area contributed by atoms with Crippen LogP contribution < -0.4 is 9.47 Å². The van der Waals surface area contributed by atoms with Crippen LogP contribution in [-0.4, -0.2) is 22.5 Å². The molecule has 0 saturated carbocycles. The fourth-order valence-corrected chi connectivity index (χ4v) is 5.20. The van der Waals surface area contributed by atoms with Gasteiger partial charge in [-0.1, -0.05) is 109 Å². The molecule has 0 radical (unpaired) electrons. The van der Waals surface area contributed by atoms with E-state index in [9.17, 15) is 19.8 Å². The Morgan fingerprint density at radius 2 is 0.825 bits per heavy atom. The fraction of sp³-hybridized carbons (Fsp3) is 0. The highest BCUT2D eigenvalue weighted by Crippen LogP contribution is 2.52. The van der Waals surface area contributed by atoms with Crippen molar-refractivity contribution in [3.63, 3.8) is 0 Å². The van der Waals surface area contributed by atoms with Gasteiger partial charge in [-0.15, -0.1) is 0 Å². The minimum atomic E-state index is -1.49. The van der Waals surface area contributed by atoms with Gasteiger partial charge < -0.3 is 19.7 Å². The van der Waals surface area contributed by atoms with Crippen LogP contribution in [-0.2, 0) is 0 Å². The Morgan fingerprint density at radius 3 is 1.20 bits per heavy atom. The first-order valence-corrected chi connectivity index (χ1v) is 12.6. The molecule has 0 spiro atoms. The van der Waals surface area contributed by atoms with Crippen molar-refractivity contribution < 1.29 is 29.3 Å². The van der Waals surface area contributed by atoms with Gasteiger partial charge in [-0.25, -0.2) is 9.59 Å². The summed E-state index contributed by atoms with van der Waals surface area (Å²) in [5.41, 5.74) is 3.43. The smallest absolute Gasteiger partial charge is 0.449 e. The Bertz CT molecular complexity index is 1750. The average molecular weight is 527 g/mol. The molecule has 6 aromatic rings. The third-order valence-corrected chi connectivity index (χ3v) is 6.80. The van der Waals surface area contributed by atoms with Crippen LogP contribution >= 0.6 is 0 Å². The van der Waals surface area contributed by atoms with E-state index >= 15 is 0 Å². The molecule has 0 bridgehead atoms. The van der Waals surface area contributed by atoms with Crippen molar-refractivity contribution in [3.8, 4) is 44.9 Å². The summed E-state index contributed by atoms with van der Waals surface area (Å²) in [5, 5.41) is 22.8. The number of carboxylic acid groups (broad SMARTS) is 2. The molecule has 0 amide bonds. The molecule has 0 unspecified atom stereocenters. The zero-order valence-electron chi connectivity index (χ0n) is 21.1. The second kappa shape index (κ2) is 10.3. The van der Waals surface area contributed by atoms with E-state index in [4.69, 9.17) is 9.47 Å².